The standard InChI is InChI=1S/C18H26N2O5S/c1-18(2,3)25-17(24)20-13(10-12-8-6-5-7-9-12)15(21)19-14(11-26-4)16(22)23/h5-9,13-14H,10-11H2,1-4H3,(H,19,21)(H,20,24)(H,22,23)/t13-,14-/m0/s1. The van der Waals surface area contributed by atoms with Crippen LogP contribution in [0.3, 0.4) is 0 Å². The number of alkyl carbamates (subject to hydrolysis) is 1. The Morgan fingerprint density at radius 3 is 2.23 bits per heavy atom. The molecule has 0 aliphatic heterocycles. The Morgan fingerprint density at radius 1 is 1.12 bits per heavy atom. The fourth-order valence-electron chi connectivity index (χ4n) is 2.12. The van der Waals surface area contributed by atoms with E-state index in [1.807, 2.05) is 30.3 Å². The molecule has 1 rings (SSSR count). The molecular weight excluding hydrogens is 356 g/mol. The lowest BCUT2D eigenvalue weighted by molar-refractivity contribution is -0.141. The van der Waals surface area contributed by atoms with Crippen LogP contribution in [0.15, 0.2) is 30.3 Å². The smallest absolute Gasteiger partial charge is 0.408 e. The van der Waals surface area contributed by atoms with E-state index in [1.165, 1.54) is 11.8 Å². The van der Waals surface area contributed by atoms with E-state index >= 15 is 0 Å². The molecule has 8 heteroatoms. The van der Waals surface area contributed by atoms with E-state index in [9.17, 15) is 19.5 Å². The lowest BCUT2D eigenvalue weighted by Crippen LogP contribution is -2.53. The highest BCUT2D eigenvalue weighted by atomic mass is 32.2. The van der Waals surface area contributed by atoms with Crippen molar-refractivity contribution in [2.75, 3.05) is 12.0 Å². The van der Waals surface area contributed by atoms with Crippen molar-refractivity contribution in [1.29, 1.82) is 0 Å². The summed E-state index contributed by atoms with van der Waals surface area (Å²) < 4.78 is 5.21. The number of hydrogen-bond acceptors (Lipinski definition) is 5. The quantitative estimate of drug-likeness (QED) is 0.636. The van der Waals surface area contributed by atoms with E-state index < -0.39 is 35.7 Å². The number of thioether (sulfide) groups is 1. The maximum Gasteiger partial charge on any atom is 0.408 e. The van der Waals surface area contributed by atoms with Crippen molar-refractivity contribution in [2.24, 2.45) is 0 Å². The third kappa shape index (κ3) is 8.24. The molecule has 0 aliphatic rings. The summed E-state index contributed by atoms with van der Waals surface area (Å²) >= 11 is 1.31. The van der Waals surface area contributed by atoms with Gasteiger partial charge >= 0.3 is 12.1 Å². The molecule has 0 heterocycles. The predicted octanol–water partition coefficient (Wildman–Crippen LogP) is 2.05. The summed E-state index contributed by atoms with van der Waals surface area (Å²) in [4.78, 5) is 35.9. The molecule has 144 valence electrons. The van der Waals surface area contributed by atoms with Crippen molar-refractivity contribution in [3.8, 4) is 0 Å². The van der Waals surface area contributed by atoms with Crippen molar-refractivity contribution in [3.63, 3.8) is 0 Å². The summed E-state index contributed by atoms with van der Waals surface area (Å²) in [6, 6.07) is 7.17. The Morgan fingerprint density at radius 2 is 1.73 bits per heavy atom. The van der Waals surface area contributed by atoms with Gasteiger partial charge in [-0.15, -0.1) is 0 Å². The van der Waals surface area contributed by atoms with Crippen LogP contribution in [0.25, 0.3) is 0 Å². The highest BCUT2D eigenvalue weighted by molar-refractivity contribution is 7.98. The molecule has 2 atom stereocenters. The first-order valence-corrected chi connectivity index (χ1v) is 9.57. The van der Waals surface area contributed by atoms with Gasteiger partial charge < -0.3 is 20.5 Å². The number of amides is 2. The molecule has 26 heavy (non-hydrogen) atoms. The van der Waals surface area contributed by atoms with Crippen LogP contribution in [0.4, 0.5) is 4.79 Å². The minimum Gasteiger partial charge on any atom is -0.480 e. The van der Waals surface area contributed by atoms with E-state index in [0.717, 1.165) is 5.56 Å². The van der Waals surface area contributed by atoms with Crippen molar-refractivity contribution in [1.82, 2.24) is 10.6 Å². The molecule has 0 bridgehead atoms. The number of ether oxygens (including phenoxy) is 1. The number of rotatable bonds is 8. The van der Waals surface area contributed by atoms with Gasteiger partial charge in [0.25, 0.3) is 0 Å². The predicted molar refractivity (Wildman–Crippen MR) is 101 cm³/mol. The molecular formula is C18H26N2O5S. The highest BCUT2D eigenvalue weighted by Gasteiger charge is 2.28. The Labute approximate surface area is 157 Å². The number of nitrogens with one attached hydrogen (secondary N) is 2. The second kappa shape index (κ2) is 10.1. The molecule has 7 nitrogen and oxygen atoms in total. The Hall–Kier alpha value is -2.22. The normalized spacial score (nSPS) is 13.4. The van der Waals surface area contributed by atoms with E-state index in [2.05, 4.69) is 10.6 Å². The van der Waals surface area contributed by atoms with Crippen LogP contribution in [-0.2, 0) is 20.7 Å². The fourth-order valence-corrected chi connectivity index (χ4v) is 2.68. The zero-order chi connectivity index (χ0) is 19.7. The van der Waals surface area contributed by atoms with Gasteiger partial charge in [0.15, 0.2) is 0 Å². The maximum atomic E-state index is 12.6. The fraction of sp³-hybridized carbons (Fsp3) is 0.500. The molecule has 0 aromatic heterocycles. The largest absolute Gasteiger partial charge is 0.480 e. The summed E-state index contributed by atoms with van der Waals surface area (Å²) in [6.07, 6.45) is 1.24. The monoisotopic (exact) mass is 382 g/mol. The molecule has 0 fully saturated rings. The van der Waals surface area contributed by atoms with Gasteiger partial charge in [0.05, 0.1) is 0 Å². The Bertz CT molecular complexity index is 616. The summed E-state index contributed by atoms with van der Waals surface area (Å²) in [6.45, 7) is 5.16. The van der Waals surface area contributed by atoms with Gasteiger partial charge in [-0.3, -0.25) is 4.79 Å². The first-order valence-electron chi connectivity index (χ1n) is 8.18. The van der Waals surface area contributed by atoms with Gasteiger partial charge in [0, 0.05) is 12.2 Å². The van der Waals surface area contributed by atoms with E-state index in [-0.39, 0.29) is 12.2 Å². The van der Waals surface area contributed by atoms with Crippen LogP contribution >= 0.6 is 11.8 Å². The number of hydrogen-bond donors (Lipinski definition) is 3. The van der Waals surface area contributed by atoms with Gasteiger partial charge in [0.2, 0.25) is 5.91 Å². The number of benzene rings is 1. The molecule has 0 radical (unpaired) electrons. The molecule has 2 amide bonds. The highest BCUT2D eigenvalue weighted by Crippen LogP contribution is 2.09. The second-order valence-electron chi connectivity index (χ2n) is 6.74. The molecule has 0 saturated carbocycles. The van der Waals surface area contributed by atoms with Crippen LogP contribution < -0.4 is 10.6 Å². The third-order valence-electron chi connectivity index (χ3n) is 3.24. The summed E-state index contributed by atoms with van der Waals surface area (Å²) in [5.74, 6) is -1.46. The van der Waals surface area contributed by atoms with Crippen molar-refractivity contribution in [3.05, 3.63) is 35.9 Å². The lowest BCUT2D eigenvalue weighted by Gasteiger charge is -2.24. The van der Waals surface area contributed by atoms with Crippen molar-refractivity contribution < 1.29 is 24.2 Å². The second-order valence-corrected chi connectivity index (χ2v) is 7.65. The number of aliphatic carboxylic acids is 1. The average Bonchev–Trinajstić information content (AvgIpc) is 2.52. The molecule has 3 N–H and O–H groups in total. The Kier molecular flexibility index (Phi) is 8.44. The molecule has 1 aromatic rings. The van der Waals surface area contributed by atoms with Crippen molar-refractivity contribution in [2.45, 2.75) is 44.9 Å². The van der Waals surface area contributed by atoms with Crippen LogP contribution in [0.1, 0.15) is 26.3 Å². The lowest BCUT2D eigenvalue weighted by atomic mass is 10.1. The molecule has 0 aliphatic carbocycles. The maximum absolute atomic E-state index is 12.6. The van der Waals surface area contributed by atoms with Gasteiger partial charge in [-0.1, -0.05) is 30.3 Å². The van der Waals surface area contributed by atoms with Crippen LogP contribution in [0.5, 0.6) is 0 Å². The van der Waals surface area contributed by atoms with Gasteiger partial charge in [-0.05, 0) is 32.6 Å². The van der Waals surface area contributed by atoms with Crippen LogP contribution in [0, 0.1) is 0 Å². The first kappa shape index (κ1) is 21.8. The first-order chi connectivity index (χ1) is 12.1. The van der Waals surface area contributed by atoms with Gasteiger partial charge in [-0.25, -0.2) is 9.59 Å². The molecule has 0 saturated heterocycles. The molecule has 0 unspecified atom stereocenters. The average molecular weight is 382 g/mol. The SMILES string of the molecule is CSC[C@H](NC(=O)[C@H](Cc1ccccc1)NC(=O)OC(C)(C)C)C(=O)O. The number of carbonyl (C=O) groups is 3. The minimum atomic E-state index is -1.12. The number of carboxylic acid groups (broad SMARTS) is 1. The number of carboxylic acids is 1. The van der Waals surface area contributed by atoms with E-state index in [0.29, 0.717) is 0 Å². The van der Waals surface area contributed by atoms with Crippen LogP contribution in [0.2, 0.25) is 0 Å². The zero-order valence-corrected chi connectivity index (χ0v) is 16.3. The van der Waals surface area contributed by atoms with Crippen molar-refractivity contribution >= 4 is 29.7 Å². The zero-order valence-electron chi connectivity index (χ0n) is 15.4. The van der Waals surface area contributed by atoms with E-state index in [1.54, 1.807) is 27.0 Å². The third-order valence-corrected chi connectivity index (χ3v) is 3.90. The molecule has 0 spiro atoms. The van der Waals surface area contributed by atoms with Gasteiger partial charge in [-0.2, -0.15) is 11.8 Å². The summed E-state index contributed by atoms with van der Waals surface area (Å²) in [5, 5.41) is 14.2. The van der Waals surface area contributed by atoms with Crippen LogP contribution in [-0.4, -0.2) is 52.8 Å². The van der Waals surface area contributed by atoms with Gasteiger partial charge in [0.1, 0.15) is 17.7 Å². The van der Waals surface area contributed by atoms with E-state index in [4.69, 9.17) is 4.74 Å². The summed E-state index contributed by atoms with van der Waals surface area (Å²) in [7, 11) is 0. The molecule has 1 aromatic carbocycles. The topological polar surface area (TPSA) is 105 Å². The minimum absolute atomic E-state index is 0.220. The summed E-state index contributed by atoms with van der Waals surface area (Å²) in [5.41, 5.74) is 0.126. The number of carbonyl (C=O) groups excluding carboxylic acids is 2. The Balaban J connectivity index is 2.89.